The Kier molecular flexibility index (Phi) is 5.35. The first-order valence-corrected chi connectivity index (χ1v) is 5.53. The molecule has 0 aliphatic heterocycles. The van der Waals surface area contributed by atoms with Crippen LogP contribution in [0.1, 0.15) is 23.7 Å². The van der Waals surface area contributed by atoms with Crippen molar-refractivity contribution in [2.24, 2.45) is 0 Å². The van der Waals surface area contributed by atoms with Crippen LogP contribution in [0.15, 0.2) is 6.33 Å². The van der Waals surface area contributed by atoms with E-state index in [0.717, 1.165) is 0 Å². The molecule has 0 spiro atoms. The molecule has 92 valence electrons. The van der Waals surface area contributed by atoms with E-state index in [1.54, 1.807) is 0 Å². The number of aldehydes is 1. The molecule has 0 atom stereocenters. The molecular formula is C10H13ClN4O2. The standard InChI is InChI=1S/C10H13ClN4O2/c1-2-12-8(17)3-4-13-10-7(5-16)9(11)14-6-15-10/h5-6H,2-4H2,1H3,(H,12,17)(H,13,14,15). The zero-order valence-corrected chi connectivity index (χ0v) is 10.1. The molecule has 1 aromatic heterocycles. The highest BCUT2D eigenvalue weighted by Gasteiger charge is 2.08. The van der Waals surface area contributed by atoms with Crippen molar-refractivity contribution in [1.29, 1.82) is 0 Å². The van der Waals surface area contributed by atoms with Crippen molar-refractivity contribution in [3.8, 4) is 0 Å². The van der Waals surface area contributed by atoms with Gasteiger partial charge in [0.25, 0.3) is 0 Å². The molecule has 1 amide bonds. The number of amides is 1. The molecule has 1 rings (SSSR count). The molecule has 0 saturated carbocycles. The van der Waals surface area contributed by atoms with Crippen LogP contribution < -0.4 is 10.6 Å². The van der Waals surface area contributed by atoms with Gasteiger partial charge in [0.15, 0.2) is 6.29 Å². The van der Waals surface area contributed by atoms with E-state index in [0.29, 0.717) is 31.6 Å². The zero-order chi connectivity index (χ0) is 12.7. The Bertz CT molecular complexity index is 411. The van der Waals surface area contributed by atoms with Crippen LogP contribution in [0, 0.1) is 0 Å². The van der Waals surface area contributed by atoms with E-state index in [2.05, 4.69) is 20.6 Å². The van der Waals surface area contributed by atoms with E-state index in [1.165, 1.54) is 6.33 Å². The van der Waals surface area contributed by atoms with E-state index >= 15 is 0 Å². The third-order valence-corrected chi connectivity index (χ3v) is 2.27. The van der Waals surface area contributed by atoms with Gasteiger partial charge in [-0.3, -0.25) is 9.59 Å². The number of halogens is 1. The van der Waals surface area contributed by atoms with Crippen LogP contribution in [0.2, 0.25) is 5.15 Å². The molecule has 17 heavy (non-hydrogen) atoms. The summed E-state index contributed by atoms with van der Waals surface area (Å²) in [6.45, 7) is 2.82. The van der Waals surface area contributed by atoms with Gasteiger partial charge in [-0.05, 0) is 6.92 Å². The van der Waals surface area contributed by atoms with Gasteiger partial charge in [-0.2, -0.15) is 0 Å². The maximum Gasteiger partial charge on any atom is 0.221 e. The number of carbonyl (C=O) groups is 2. The van der Waals surface area contributed by atoms with Crippen molar-refractivity contribution < 1.29 is 9.59 Å². The Morgan fingerprint density at radius 3 is 2.94 bits per heavy atom. The van der Waals surface area contributed by atoms with E-state index in [4.69, 9.17) is 11.6 Å². The summed E-state index contributed by atoms with van der Waals surface area (Å²) in [4.78, 5) is 29.5. The molecule has 7 heteroatoms. The molecule has 0 radical (unpaired) electrons. The summed E-state index contributed by atoms with van der Waals surface area (Å²) in [7, 11) is 0. The van der Waals surface area contributed by atoms with Gasteiger partial charge < -0.3 is 10.6 Å². The quantitative estimate of drug-likeness (QED) is 0.583. The number of hydrogen-bond donors (Lipinski definition) is 2. The summed E-state index contributed by atoms with van der Waals surface area (Å²) in [6, 6.07) is 0. The average molecular weight is 257 g/mol. The minimum absolute atomic E-state index is 0.0622. The first-order valence-electron chi connectivity index (χ1n) is 5.15. The van der Waals surface area contributed by atoms with Crippen molar-refractivity contribution in [1.82, 2.24) is 15.3 Å². The van der Waals surface area contributed by atoms with Crippen molar-refractivity contribution in [2.45, 2.75) is 13.3 Å². The lowest BCUT2D eigenvalue weighted by atomic mass is 10.3. The summed E-state index contributed by atoms with van der Waals surface area (Å²) < 4.78 is 0. The molecular weight excluding hydrogens is 244 g/mol. The summed E-state index contributed by atoms with van der Waals surface area (Å²) >= 11 is 5.72. The fourth-order valence-electron chi connectivity index (χ4n) is 1.20. The fraction of sp³-hybridized carbons (Fsp3) is 0.400. The van der Waals surface area contributed by atoms with E-state index < -0.39 is 0 Å². The fourth-order valence-corrected chi connectivity index (χ4v) is 1.38. The lowest BCUT2D eigenvalue weighted by molar-refractivity contribution is -0.120. The average Bonchev–Trinajstić information content (AvgIpc) is 2.29. The van der Waals surface area contributed by atoms with Gasteiger partial charge in [0.1, 0.15) is 17.3 Å². The van der Waals surface area contributed by atoms with Crippen LogP contribution in [0.3, 0.4) is 0 Å². The van der Waals surface area contributed by atoms with Crippen molar-refractivity contribution >= 4 is 29.6 Å². The van der Waals surface area contributed by atoms with Gasteiger partial charge in [-0.15, -0.1) is 0 Å². The summed E-state index contributed by atoms with van der Waals surface area (Å²) in [6.07, 6.45) is 2.13. The van der Waals surface area contributed by atoms with Gasteiger partial charge in [-0.1, -0.05) is 11.6 Å². The van der Waals surface area contributed by atoms with Crippen molar-refractivity contribution in [2.75, 3.05) is 18.4 Å². The molecule has 0 aromatic carbocycles. The molecule has 0 saturated heterocycles. The number of rotatable bonds is 6. The minimum atomic E-state index is -0.0622. The van der Waals surface area contributed by atoms with Crippen LogP contribution in [-0.4, -0.2) is 35.3 Å². The Labute approximate surface area is 104 Å². The molecule has 0 unspecified atom stereocenters. The van der Waals surface area contributed by atoms with Gasteiger partial charge in [-0.25, -0.2) is 9.97 Å². The van der Waals surface area contributed by atoms with E-state index in [9.17, 15) is 9.59 Å². The molecule has 2 N–H and O–H groups in total. The monoisotopic (exact) mass is 256 g/mol. The molecule has 0 aliphatic rings. The highest BCUT2D eigenvalue weighted by Crippen LogP contribution is 2.16. The second-order valence-corrected chi connectivity index (χ2v) is 3.53. The highest BCUT2D eigenvalue weighted by atomic mass is 35.5. The van der Waals surface area contributed by atoms with Crippen LogP contribution in [0.4, 0.5) is 5.82 Å². The van der Waals surface area contributed by atoms with Crippen molar-refractivity contribution in [3.63, 3.8) is 0 Å². The van der Waals surface area contributed by atoms with Crippen LogP contribution >= 0.6 is 11.6 Å². The summed E-state index contributed by atoms with van der Waals surface area (Å²) in [5.41, 5.74) is 0.199. The molecule has 1 heterocycles. The number of nitrogens with one attached hydrogen (secondary N) is 2. The maximum atomic E-state index is 11.2. The first kappa shape index (κ1) is 13.4. The smallest absolute Gasteiger partial charge is 0.221 e. The highest BCUT2D eigenvalue weighted by molar-refractivity contribution is 6.32. The first-order chi connectivity index (χ1) is 8.19. The third-order valence-electron chi connectivity index (χ3n) is 1.97. The Morgan fingerprint density at radius 2 is 2.29 bits per heavy atom. The summed E-state index contributed by atoms with van der Waals surface area (Å²) in [5.74, 6) is 0.275. The van der Waals surface area contributed by atoms with Crippen LogP contribution in [0.25, 0.3) is 0 Å². The second-order valence-electron chi connectivity index (χ2n) is 3.17. The molecule has 0 bridgehead atoms. The summed E-state index contributed by atoms with van der Waals surface area (Å²) in [5, 5.41) is 5.62. The lowest BCUT2D eigenvalue weighted by Gasteiger charge is -2.07. The minimum Gasteiger partial charge on any atom is -0.369 e. The van der Waals surface area contributed by atoms with Crippen molar-refractivity contribution in [3.05, 3.63) is 17.0 Å². The number of anilines is 1. The Hall–Kier alpha value is -1.69. The second kappa shape index (κ2) is 6.80. The zero-order valence-electron chi connectivity index (χ0n) is 9.36. The molecule has 0 fully saturated rings. The van der Waals surface area contributed by atoms with Gasteiger partial charge in [0, 0.05) is 19.5 Å². The largest absolute Gasteiger partial charge is 0.369 e. The lowest BCUT2D eigenvalue weighted by Crippen LogP contribution is -2.25. The Balaban J connectivity index is 2.55. The predicted molar refractivity (Wildman–Crippen MR) is 64.2 cm³/mol. The topological polar surface area (TPSA) is 84.0 Å². The van der Waals surface area contributed by atoms with Gasteiger partial charge in [0.2, 0.25) is 5.91 Å². The number of aromatic nitrogens is 2. The van der Waals surface area contributed by atoms with Gasteiger partial charge in [0.05, 0.1) is 5.56 Å². The number of nitrogens with zero attached hydrogens (tertiary/aromatic N) is 2. The maximum absolute atomic E-state index is 11.2. The van der Waals surface area contributed by atoms with E-state index in [1.807, 2.05) is 6.92 Å². The number of hydrogen-bond acceptors (Lipinski definition) is 5. The third kappa shape index (κ3) is 3.99. The SMILES string of the molecule is CCNC(=O)CCNc1ncnc(Cl)c1C=O. The van der Waals surface area contributed by atoms with Gasteiger partial charge >= 0.3 is 0 Å². The predicted octanol–water partition coefficient (Wildman–Crippen LogP) is 0.881. The molecule has 0 aliphatic carbocycles. The Morgan fingerprint density at radius 1 is 1.53 bits per heavy atom. The molecule has 1 aromatic rings. The number of carbonyl (C=O) groups excluding carboxylic acids is 2. The normalized spacial score (nSPS) is 9.76. The van der Waals surface area contributed by atoms with Crippen LogP contribution in [-0.2, 0) is 4.79 Å². The van der Waals surface area contributed by atoms with Crippen LogP contribution in [0.5, 0.6) is 0 Å². The van der Waals surface area contributed by atoms with E-state index in [-0.39, 0.29) is 16.6 Å². The molecule has 6 nitrogen and oxygen atoms in total.